The Morgan fingerprint density at radius 2 is 1.58 bits per heavy atom. The van der Waals surface area contributed by atoms with E-state index in [4.69, 9.17) is 0 Å². The molecular formula is C24H27F3N2OS3. The third kappa shape index (κ3) is 7.88. The van der Waals surface area contributed by atoms with E-state index in [0.29, 0.717) is 5.56 Å². The van der Waals surface area contributed by atoms with Crippen molar-refractivity contribution in [3.8, 4) is 0 Å². The first kappa shape index (κ1) is 25.8. The fraction of sp³-hybridized carbons (Fsp3) is 0.333. The highest BCUT2D eigenvalue weighted by atomic mass is 32.2. The molecule has 1 saturated heterocycles. The van der Waals surface area contributed by atoms with E-state index in [9.17, 15) is 17.4 Å². The average Bonchev–Trinajstić information content (AvgIpc) is 3.33. The molecule has 0 saturated carbocycles. The molecule has 0 bridgehead atoms. The second kappa shape index (κ2) is 12.1. The molecule has 2 heterocycles. The van der Waals surface area contributed by atoms with Gasteiger partial charge in [0, 0.05) is 53.8 Å². The molecule has 0 amide bonds. The molecule has 178 valence electrons. The number of rotatable bonds is 5. The van der Waals surface area contributed by atoms with Crippen LogP contribution in [0, 0.1) is 0 Å². The third-order valence-corrected chi connectivity index (χ3v) is 8.33. The number of benzene rings is 2. The van der Waals surface area contributed by atoms with Crippen molar-refractivity contribution in [3.05, 3.63) is 77.7 Å². The van der Waals surface area contributed by atoms with Gasteiger partial charge >= 0.3 is 6.18 Å². The Morgan fingerprint density at radius 3 is 2.06 bits per heavy atom. The first-order valence-corrected chi connectivity index (χ1v) is 13.7. The predicted molar refractivity (Wildman–Crippen MR) is 134 cm³/mol. The Bertz CT molecular complexity index is 988. The van der Waals surface area contributed by atoms with Crippen LogP contribution < -0.4 is 4.90 Å². The molecule has 1 aliphatic rings. The minimum Gasteiger partial charge on any atom is -0.369 e. The van der Waals surface area contributed by atoms with Crippen LogP contribution in [-0.2, 0) is 10.8 Å². The fourth-order valence-electron chi connectivity index (χ4n) is 3.26. The highest BCUT2D eigenvalue weighted by Crippen LogP contribution is 2.35. The van der Waals surface area contributed by atoms with Crippen molar-refractivity contribution >= 4 is 39.8 Å². The SMILES string of the molecule is CC(c1ccc(N2CCN(Sc3cccs3)CC2)cc1)C(F)(F)F.CS(=O)c1ccccc1. The highest BCUT2D eigenvalue weighted by molar-refractivity contribution is 7.98. The summed E-state index contributed by atoms with van der Waals surface area (Å²) in [5.41, 5.74) is 1.31. The molecule has 1 fully saturated rings. The summed E-state index contributed by atoms with van der Waals surface area (Å²) in [6.45, 7) is 4.83. The monoisotopic (exact) mass is 512 g/mol. The lowest BCUT2D eigenvalue weighted by Crippen LogP contribution is -2.43. The first-order chi connectivity index (χ1) is 15.7. The van der Waals surface area contributed by atoms with Gasteiger partial charge in [-0.25, -0.2) is 4.31 Å². The van der Waals surface area contributed by atoms with Crippen LogP contribution >= 0.6 is 23.3 Å². The highest BCUT2D eigenvalue weighted by Gasteiger charge is 2.36. The zero-order valence-electron chi connectivity index (χ0n) is 18.5. The second-order valence-corrected chi connectivity index (χ2v) is 11.3. The van der Waals surface area contributed by atoms with Crippen LogP contribution in [0.1, 0.15) is 18.4 Å². The molecule has 0 spiro atoms. The largest absolute Gasteiger partial charge is 0.395 e. The van der Waals surface area contributed by atoms with E-state index in [1.54, 1.807) is 53.8 Å². The van der Waals surface area contributed by atoms with Crippen LogP contribution in [0.3, 0.4) is 0 Å². The molecule has 3 nitrogen and oxygen atoms in total. The normalized spacial score (nSPS) is 16.6. The van der Waals surface area contributed by atoms with E-state index in [0.717, 1.165) is 36.8 Å². The Labute approximate surface area is 204 Å². The summed E-state index contributed by atoms with van der Waals surface area (Å²) in [7, 11) is -0.829. The van der Waals surface area contributed by atoms with Gasteiger partial charge < -0.3 is 4.90 Å². The summed E-state index contributed by atoms with van der Waals surface area (Å²) in [5.74, 6) is -1.43. The maximum Gasteiger partial charge on any atom is 0.395 e. The molecular weight excluding hydrogens is 485 g/mol. The average molecular weight is 513 g/mol. The Morgan fingerprint density at radius 1 is 0.939 bits per heavy atom. The summed E-state index contributed by atoms with van der Waals surface area (Å²) in [5, 5.41) is 2.07. The molecule has 1 aliphatic heterocycles. The van der Waals surface area contributed by atoms with E-state index in [1.165, 1.54) is 11.1 Å². The van der Waals surface area contributed by atoms with Gasteiger partial charge in [0.05, 0.1) is 10.1 Å². The van der Waals surface area contributed by atoms with Crippen molar-refractivity contribution < 1.29 is 17.4 Å². The number of hydrogen-bond donors (Lipinski definition) is 0. The summed E-state index contributed by atoms with van der Waals surface area (Å²) in [6, 6.07) is 20.4. The fourth-order valence-corrected chi connectivity index (χ4v) is 5.64. The molecule has 4 rings (SSSR count). The second-order valence-electron chi connectivity index (χ2n) is 7.56. The molecule has 0 radical (unpaired) electrons. The standard InChI is InChI=1S/C17H19F3N2S2.C7H8OS/c1-13(17(18,19)20)14-4-6-15(7-5-14)21-8-10-22(11-9-21)24-16-3-2-12-23-16;1-9(8)7-5-3-2-4-6-7/h2-7,12-13H,8-11H2,1H3;2-6H,1H3. The van der Waals surface area contributed by atoms with E-state index >= 15 is 0 Å². The summed E-state index contributed by atoms with van der Waals surface area (Å²) in [4.78, 5) is 3.12. The molecule has 0 aliphatic carbocycles. The van der Waals surface area contributed by atoms with Gasteiger partial charge in [0.2, 0.25) is 0 Å². The van der Waals surface area contributed by atoms with E-state index in [1.807, 2.05) is 36.4 Å². The predicted octanol–water partition coefficient (Wildman–Crippen LogP) is 6.67. The minimum absolute atomic E-state index is 0.318. The third-order valence-electron chi connectivity index (χ3n) is 5.28. The number of halogens is 3. The van der Waals surface area contributed by atoms with Crippen molar-refractivity contribution in [1.29, 1.82) is 0 Å². The summed E-state index contributed by atoms with van der Waals surface area (Å²) in [6.07, 6.45) is -2.51. The molecule has 9 heteroatoms. The smallest absolute Gasteiger partial charge is 0.369 e. The van der Waals surface area contributed by atoms with Crippen LogP contribution in [0.4, 0.5) is 18.9 Å². The maximum absolute atomic E-state index is 12.8. The van der Waals surface area contributed by atoms with Crippen LogP contribution in [0.5, 0.6) is 0 Å². The van der Waals surface area contributed by atoms with Crippen LogP contribution in [0.2, 0.25) is 0 Å². The summed E-state index contributed by atoms with van der Waals surface area (Å²) < 4.78 is 52.7. The number of alkyl halides is 3. The van der Waals surface area contributed by atoms with Gasteiger partial charge in [0.25, 0.3) is 0 Å². The maximum atomic E-state index is 12.8. The van der Waals surface area contributed by atoms with E-state index in [2.05, 4.69) is 20.7 Å². The van der Waals surface area contributed by atoms with E-state index in [-0.39, 0.29) is 0 Å². The van der Waals surface area contributed by atoms with Gasteiger partial charge in [-0.2, -0.15) is 13.2 Å². The van der Waals surface area contributed by atoms with Crippen molar-refractivity contribution in [3.63, 3.8) is 0 Å². The van der Waals surface area contributed by atoms with Gasteiger partial charge in [-0.1, -0.05) is 36.4 Å². The molecule has 2 unspecified atom stereocenters. The van der Waals surface area contributed by atoms with Gasteiger partial charge in [0.1, 0.15) is 0 Å². The lowest BCUT2D eigenvalue weighted by atomic mass is 10.0. The Kier molecular flexibility index (Phi) is 9.43. The Hall–Kier alpha value is -1.81. The quantitative estimate of drug-likeness (QED) is 0.357. The minimum atomic E-state index is -4.19. The number of thiophene rings is 1. The lowest BCUT2D eigenvalue weighted by Gasteiger charge is -2.35. The zero-order chi connectivity index (χ0) is 23.8. The van der Waals surface area contributed by atoms with Gasteiger partial charge in [-0.05, 0) is 60.1 Å². The zero-order valence-corrected chi connectivity index (χ0v) is 20.9. The van der Waals surface area contributed by atoms with Crippen molar-refractivity contribution in [2.45, 2.75) is 28.1 Å². The molecule has 3 aromatic rings. The van der Waals surface area contributed by atoms with E-state index < -0.39 is 22.9 Å². The van der Waals surface area contributed by atoms with Gasteiger partial charge in [-0.15, -0.1) is 11.3 Å². The number of anilines is 1. The topological polar surface area (TPSA) is 23.6 Å². The molecule has 0 N–H and O–H groups in total. The van der Waals surface area contributed by atoms with Crippen LogP contribution in [0.15, 0.2) is 81.2 Å². The van der Waals surface area contributed by atoms with Gasteiger partial charge in [-0.3, -0.25) is 4.21 Å². The van der Waals surface area contributed by atoms with Crippen molar-refractivity contribution in [2.75, 3.05) is 37.3 Å². The number of hydrogen-bond acceptors (Lipinski definition) is 5. The molecule has 33 heavy (non-hydrogen) atoms. The van der Waals surface area contributed by atoms with Crippen molar-refractivity contribution in [2.24, 2.45) is 0 Å². The molecule has 1 aromatic heterocycles. The first-order valence-electron chi connectivity index (χ1n) is 10.5. The Balaban J connectivity index is 0.000000286. The van der Waals surface area contributed by atoms with Gasteiger partial charge in [0.15, 0.2) is 0 Å². The molecule has 2 atom stereocenters. The van der Waals surface area contributed by atoms with Crippen LogP contribution in [-0.4, -0.2) is 47.1 Å². The molecule has 2 aromatic carbocycles. The van der Waals surface area contributed by atoms with Crippen LogP contribution in [0.25, 0.3) is 0 Å². The lowest BCUT2D eigenvalue weighted by molar-refractivity contribution is -0.146. The number of piperazine rings is 1. The van der Waals surface area contributed by atoms with Crippen molar-refractivity contribution in [1.82, 2.24) is 4.31 Å². The number of nitrogens with zero attached hydrogens (tertiary/aromatic N) is 2. The summed E-state index contributed by atoms with van der Waals surface area (Å²) >= 11 is 3.51.